The van der Waals surface area contributed by atoms with Crippen molar-refractivity contribution in [3.8, 4) is 6.07 Å². The number of Topliss-reactive ketones (excluding diaryl/α,β-unsaturated/α-hetero) is 1. The number of rotatable bonds is 4. The van der Waals surface area contributed by atoms with Crippen LogP contribution in [0.3, 0.4) is 0 Å². The van der Waals surface area contributed by atoms with Gasteiger partial charge in [0.2, 0.25) is 5.78 Å². The number of fused-ring (bicyclic) bond motifs is 1. The molecular weight excluding hydrogens is 224 g/mol. The van der Waals surface area contributed by atoms with Gasteiger partial charge in [0.05, 0.1) is 12.2 Å². The van der Waals surface area contributed by atoms with E-state index in [4.69, 9.17) is 10.1 Å². The SMILES string of the molecule is CCOOCC1(C#N)N=Nc2[nH]ccc2C1=O. The molecule has 88 valence electrons. The molecule has 0 saturated heterocycles. The minimum absolute atomic E-state index is 0.274. The Morgan fingerprint density at radius 2 is 2.41 bits per heavy atom. The van der Waals surface area contributed by atoms with Crippen molar-refractivity contribution in [1.82, 2.24) is 4.98 Å². The number of nitriles is 1. The van der Waals surface area contributed by atoms with Crippen LogP contribution in [0, 0.1) is 11.3 Å². The van der Waals surface area contributed by atoms with Crippen molar-refractivity contribution in [3.63, 3.8) is 0 Å². The zero-order chi connectivity index (χ0) is 12.3. The normalized spacial score (nSPS) is 22.2. The molecule has 1 aliphatic heterocycles. The number of ketones is 1. The van der Waals surface area contributed by atoms with Gasteiger partial charge in [0.25, 0.3) is 5.54 Å². The predicted octanol–water partition coefficient (Wildman–Crippen LogP) is 1.53. The average Bonchev–Trinajstić information content (AvgIpc) is 2.81. The highest BCUT2D eigenvalue weighted by atomic mass is 17.2. The third kappa shape index (κ3) is 1.84. The number of H-pyrrole nitrogens is 1. The summed E-state index contributed by atoms with van der Waals surface area (Å²) in [5.41, 5.74) is -1.31. The summed E-state index contributed by atoms with van der Waals surface area (Å²) in [5.74, 6) is -0.0803. The Morgan fingerprint density at radius 3 is 3.12 bits per heavy atom. The smallest absolute Gasteiger partial charge is 0.255 e. The maximum absolute atomic E-state index is 12.1. The molecule has 1 aliphatic rings. The van der Waals surface area contributed by atoms with Crippen LogP contribution in [0.4, 0.5) is 5.82 Å². The number of nitrogens with one attached hydrogen (secondary N) is 1. The standard InChI is InChI=1S/C10H10N4O3/c1-2-16-17-6-10(5-11)8(15)7-3-4-12-9(7)13-14-10/h3-4,12H,2,6H2,1H3. The number of aromatic nitrogens is 1. The van der Waals surface area contributed by atoms with E-state index < -0.39 is 11.3 Å². The van der Waals surface area contributed by atoms with Gasteiger partial charge in [-0.05, 0) is 13.0 Å². The number of hydrogen-bond donors (Lipinski definition) is 1. The lowest BCUT2D eigenvalue weighted by Crippen LogP contribution is -2.41. The van der Waals surface area contributed by atoms with Crippen LogP contribution in [-0.2, 0) is 9.78 Å². The molecule has 2 heterocycles. The Balaban J connectivity index is 2.26. The Morgan fingerprint density at radius 1 is 1.59 bits per heavy atom. The molecule has 0 radical (unpaired) electrons. The van der Waals surface area contributed by atoms with Gasteiger partial charge in [-0.2, -0.15) is 10.4 Å². The van der Waals surface area contributed by atoms with Gasteiger partial charge in [0.15, 0.2) is 5.82 Å². The highest BCUT2D eigenvalue weighted by Crippen LogP contribution is 2.31. The maximum atomic E-state index is 12.1. The van der Waals surface area contributed by atoms with Crippen molar-refractivity contribution < 1.29 is 14.6 Å². The number of carbonyl (C=O) groups is 1. The van der Waals surface area contributed by atoms with Crippen molar-refractivity contribution >= 4 is 11.6 Å². The van der Waals surface area contributed by atoms with Crippen LogP contribution in [0.5, 0.6) is 0 Å². The summed E-state index contributed by atoms with van der Waals surface area (Å²) in [7, 11) is 0. The van der Waals surface area contributed by atoms with E-state index in [1.807, 2.05) is 6.07 Å². The molecule has 0 spiro atoms. The van der Waals surface area contributed by atoms with E-state index in [1.165, 1.54) is 0 Å². The van der Waals surface area contributed by atoms with Gasteiger partial charge in [0, 0.05) is 6.20 Å². The average molecular weight is 234 g/mol. The molecule has 17 heavy (non-hydrogen) atoms. The summed E-state index contributed by atoms with van der Waals surface area (Å²) in [6.45, 7) is 1.78. The second kappa shape index (κ2) is 4.45. The largest absolute Gasteiger partial charge is 0.345 e. The van der Waals surface area contributed by atoms with Gasteiger partial charge in [0.1, 0.15) is 12.7 Å². The maximum Gasteiger partial charge on any atom is 0.255 e. The second-order valence-electron chi connectivity index (χ2n) is 3.41. The van der Waals surface area contributed by atoms with Gasteiger partial charge in [-0.1, -0.05) is 0 Å². The van der Waals surface area contributed by atoms with Crippen LogP contribution in [0.25, 0.3) is 0 Å². The lowest BCUT2D eigenvalue weighted by molar-refractivity contribution is -0.294. The molecule has 1 aromatic rings. The molecule has 0 saturated carbocycles. The van der Waals surface area contributed by atoms with Gasteiger partial charge < -0.3 is 4.98 Å². The zero-order valence-corrected chi connectivity index (χ0v) is 9.14. The van der Waals surface area contributed by atoms with Gasteiger partial charge >= 0.3 is 0 Å². The van der Waals surface area contributed by atoms with Gasteiger partial charge in [-0.15, -0.1) is 5.11 Å². The summed E-state index contributed by atoms with van der Waals surface area (Å²) < 4.78 is 0. The highest BCUT2D eigenvalue weighted by Gasteiger charge is 2.44. The van der Waals surface area contributed by atoms with Gasteiger partial charge in [-0.3, -0.25) is 4.79 Å². The number of hydrogen-bond acceptors (Lipinski definition) is 6. The van der Waals surface area contributed by atoms with E-state index in [2.05, 4.69) is 20.1 Å². The second-order valence-corrected chi connectivity index (χ2v) is 3.41. The Bertz CT molecular complexity index is 502. The summed E-state index contributed by atoms with van der Waals surface area (Å²) in [5, 5.41) is 16.6. The molecule has 0 amide bonds. The Kier molecular flexibility index (Phi) is 2.99. The number of azo groups is 1. The monoisotopic (exact) mass is 234 g/mol. The number of carbonyl (C=O) groups excluding carboxylic acids is 1. The van der Waals surface area contributed by atoms with Crippen molar-refractivity contribution in [2.24, 2.45) is 10.2 Å². The van der Waals surface area contributed by atoms with E-state index in [0.29, 0.717) is 18.0 Å². The molecule has 7 nitrogen and oxygen atoms in total. The van der Waals surface area contributed by atoms with Crippen LogP contribution in [0.1, 0.15) is 17.3 Å². The van der Waals surface area contributed by atoms with Crippen LogP contribution < -0.4 is 0 Å². The summed E-state index contributed by atoms with van der Waals surface area (Å²) in [6.07, 6.45) is 1.57. The quantitative estimate of drug-likeness (QED) is 0.485. The fourth-order valence-electron chi connectivity index (χ4n) is 1.44. The number of nitrogens with zero attached hydrogens (tertiary/aromatic N) is 3. The third-order valence-corrected chi connectivity index (χ3v) is 2.32. The van der Waals surface area contributed by atoms with Crippen LogP contribution in [0.15, 0.2) is 22.5 Å². The fourth-order valence-corrected chi connectivity index (χ4v) is 1.44. The summed E-state index contributed by atoms with van der Waals surface area (Å²) in [6, 6.07) is 3.39. The Labute approximate surface area is 97.0 Å². The molecule has 0 fully saturated rings. The molecule has 0 bridgehead atoms. The molecule has 0 aliphatic carbocycles. The molecule has 1 unspecified atom stereocenters. The molecular formula is C10H10N4O3. The van der Waals surface area contributed by atoms with Crippen molar-refractivity contribution in [2.45, 2.75) is 12.5 Å². The molecule has 1 aromatic heterocycles. The molecule has 1 atom stereocenters. The van der Waals surface area contributed by atoms with Crippen molar-refractivity contribution in [1.29, 1.82) is 5.26 Å². The first-order chi connectivity index (χ1) is 8.23. The third-order valence-electron chi connectivity index (χ3n) is 2.32. The van der Waals surface area contributed by atoms with E-state index in [9.17, 15) is 4.79 Å². The van der Waals surface area contributed by atoms with Crippen LogP contribution >= 0.6 is 0 Å². The molecule has 2 rings (SSSR count). The highest BCUT2D eigenvalue weighted by molar-refractivity contribution is 6.09. The van der Waals surface area contributed by atoms with Crippen molar-refractivity contribution in [3.05, 3.63) is 17.8 Å². The summed E-state index contributed by atoms with van der Waals surface area (Å²) in [4.78, 5) is 24.3. The number of aromatic amines is 1. The van der Waals surface area contributed by atoms with Crippen molar-refractivity contribution in [2.75, 3.05) is 13.2 Å². The van der Waals surface area contributed by atoms with E-state index in [0.717, 1.165) is 0 Å². The first kappa shape index (κ1) is 11.4. The minimum atomic E-state index is -1.65. The zero-order valence-electron chi connectivity index (χ0n) is 9.14. The molecule has 1 N–H and O–H groups in total. The lowest BCUT2D eigenvalue weighted by atomic mass is 9.92. The van der Waals surface area contributed by atoms with E-state index in [1.54, 1.807) is 19.2 Å². The summed E-state index contributed by atoms with van der Waals surface area (Å²) >= 11 is 0. The topological polar surface area (TPSA) is 99.8 Å². The first-order valence-electron chi connectivity index (χ1n) is 5.04. The van der Waals surface area contributed by atoms with Crippen LogP contribution in [-0.4, -0.2) is 29.5 Å². The fraction of sp³-hybridized carbons (Fsp3) is 0.400. The predicted molar refractivity (Wildman–Crippen MR) is 55.6 cm³/mol. The van der Waals surface area contributed by atoms with E-state index in [-0.39, 0.29) is 6.61 Å². The molecule has 7 heteroatoms. The Hall–Kier alpha value is -2.04. The lowest BCUT2D eigenvalue weighted by Gasteiger charge is -2.20. The van der Waals surface area contributed by atoms with Gasteiger partial charge in [-0.25, -0.2) is 9.78 Å². The molecule has 0 aromatic carbocycles. The minimum Gasteiger partial charge on any atom is -0.345 e. The van der Waals surface area contributed by atoms with E-state index >= 15 is 0 Å². The van der Waals surface area contributed by atoms with Crippen LogP contribution in [0.2, 0.25) is 0 Å². The first-order valence-corrected chi connectivity index (χ1v) is 5.04.